The first-order valence-corrected chi connectivity index (χ1v) is 7.88. The quantitative estimate of drug-likeness (QED) is 0.828. The molecule has 120 valence electrons. The highest BCUT2D eigenvalue weighted by Gasteiger charge is 2.14. The maximum Gasteiger partial charge on any atom is 0.0663 e. The van der Waals surface area contributed by atoms with E-state index in [4.69, 9.17) is 4.74 Å². The van der Waals surface area contributed by atoms with Crippen molar-refractivity contribution in [3.05, 3.63) is 29.3 Å². The number of methoxy groups -OCH3 is 1. The van der Waals surface area contributed by atoms with E-state index in [1.165, 1.54) is 16.8 Å². The van der Waals surface area contributed by atoms with E-state index in [0.29, 0.717) is 6.04 Å². The number of hydrogen-bond acceptors (Lipinski definition) is 3. The van der Waals surface area contributed by atoms with Gasteiger partial charge in [-0.2, -0.15) is 0 Å². The van der Waals surface area contributed by atoms with Gasteiger partial charge in [-0.05, 0) is 64.8 Å². The van der Waals surface area contributed by atoms with Gasteiger partial charge in [0, 0.05) is 37.5 Å². The molecule has 1 atom stereocenters. The van der Waals surface area contributed by atoms with Crippen LogP contribution in [0.25, 0.3) is 0 Å². The molecule has 0 aliphatic carbocycles. The molecule has 1 rings (SSSR count). The summed E-state index contributed by atoms with van der Waals surface area (Å²) in [5.41, 5.74) is 4.13. The Morgan fingerprint density at radius 2 is 1.95 bits per heavy atom. The number of nitrogens with zero attached hydrogens (tertiary/aromatic N) is 1. The third kappa shape index (κ3) is 5.68. The molecule has 3 heteroatoms. The summed E-state index contributed by atoms with van der Waals surface area (Å²) in [6.07, 6.45) is 0. The van der Waals surface area contributed by atoms with Crippen molar-refractivity contribution in [3.8, 4) is 0 Å². The highest BCUT2D eigenvalue weighted by Crippen LogP contribution is 2.21. The third-order valence-electron chi connectivity index (χ3n) is 3.75. The van der Waals surface area contributed by atoms with E-state index < -0.39 is 0 Å². The first-order chi connectivity index (χ1) is 9.78. The molecule has 0 heterocycles. The Morgan fingerprint density at radius 1 is 1.29 bits per heavy atom. The van der Waals surface area contributed by atoms with E-state index in [0.717, 1.165) is 19.7 Å². The summed E-state index contributed by atoms with van der Waals surface area (Å²) in [5, 5.41) is 3.55. The van der Waals surface area contributed by atoms with Gasteiger partial charge in [0.25, 0.3) is 0 Å². The van der Waals surface area contributed by atoms with Crippen molar-refractivity contribution in [2.24, 2.45) is 0 Å². The van der Waals surface area contributed by atoms with Crippen molar-refractivity contribution in [1.82, 2.24) is 5.32 Å². The van der Waals surface area contributed by atoms with Crippen LogP contribution in [-0.2, 0) is 11.3 Å². The molecule has 0 bridgehead atoms. The fraction of sp³-hybridized carbons (Fsp3) is 0.667. The summed E-state index contributed by atoms with van der Waals surface area (Å²) in [6.45, 7) is 15.8. The summed E-state index contributed by atoms with van der Waals surface area (Å²) in [7, 11) is 1.76. The minimum absolute atomic E-state index is 0.146. The van der Waals surface area contributed by atoms with E-state index in [1.807, 2.05) is 0 Å². The molecule has 21 heavy (non-hydrogen) atoms. The standard InChI is InChI=1S/C18H32N2O/c1-8-20(15(3)13-21-7)17-10-9-16(14(2)11-17)12-19-18(4,5)6/h9-11,15,19H,8,12-13H2,1-7H3. The number of aryl methyl sites for hydroxylation is 1. The number of anilines is 1. The number of rotatable bonds is 7. The molecule has 3 nitrogen and oxygen atoms in total. The molecule has 1 unspecified atom stereocenters. The summed E-state index contributed by atoms with van der Waals surface area (Å²) in [5.74, 6) is 0. The van der Waals surface area contributed by atoms with Gasteiger partial charge < -0.3 is 15.0 Å². The van der Waals surface area contributed by atoms with Gasteiger partial charge in [0.05, 0.1) is 6.61 Å². The van der Waals surface area contributed by atoms with Crippen LogP contribution >= 0.6 is 0 Å². The number of hydrogen-bond donors (Lipinski definition) is 1. The molecular formula is C18H32N2O. The molecular weight excluding hydrogens is 260 g/mol. The molecule has 0 amide bonds. The minimum atomic E-state index is 0.146. The average molecular weight is 292 g/mol. The van der Waals surface area contributed by atoms with Crippen LogP contribution in [0, 0.1) is 6.92 Å². The number of ether oxygens (including phenoxy) is 1. The van der Waals surface area contributed by atoms with Crippen LogP contribution in [0.3, 0.4) is 0 Å². The maximum atomic E-state index is 5.29. The predicted octanol–water partition coefficient (Wildman–Crippen LogP) is 3.74. The zero-order valence-electron chi connectivity index (χ0n) is 14.8. The minimum Gasteiger partial charge on any atom is -0.383 e. The van der Waals surface area contributed by atoms with E-state index in [-0.39, 0.29) is 5.54 Å². The summed E-state index contributed by atoms with van der Waals surface area (Å²) >= 11 is 0. The summed E-state index contributed by atoms with van der Waals surface area (Å²) in [4.78, 5) is 2.39. The largest absolute Gasteiger partial charge is 0.383 e. The van der Waals surface area contributed by atoms with Crippen molar-refractivity contribution in [1.29, 1.82) is 0 Å². The predicted molar refractivity (Wildman–Crippen MR) is 92.1 cm³/mol. The monoisotopic (exact) mass is 292 g/mol. The normalized spacial score (nSPS) is 13.3. The van der Waals surface area contributed by atoms with Crippen LogP contribution in [0.1, 0.15) is 45.7 Å². The Kier molecular flexibility index (Phi) is 6.69. The molecule has 0 spiro atoms. The topological polar surface area (TPSA) is 24.5 Å². The second-order valence-corrected chi connectivity index (χ2v) is 6.80. The second-order valence-electron chi connectivity index (χ2n) is 6.80. The molecule has 1 aromatic rings. The van der Waals surface area contributed by atoms with Gasteiger partial charge >= 0.3 is 0 Å². The fourth-order valence-electron chi connectivity index (χ4n) is 2.50. The van der Waals surface area contributed by atoms with Crippen LogP contribution in [-0.4, -0.2) is 31.8 Å². The lowest BCUT2D eigenvalue weighted by Gasteiger charge is -2.30. The molecule has 0 saturated carbocycles. The van der Waals surface area contributed by atoms with Crippen LogP contribution < -0.4 is 10.2 Å². The van der Waals surface area contributed by atoms with Gasteiger partial charge in [-0.25, -0.2) is 0 Å². The van der Waals surface area contributed by atoms with Gasteiger partial charge in [-0.3, -0.25) is 0 Å². The Labute approximate surface area is 130 Å². The lowest BCUT2D eigenvalue weighted by atomic mass is 10.0. The van der Waals surface area contributed by atoms with Crippen LogP contribution in [0.15, 0.2) is 18.2 Å². The fourth-order valence-corrected chi connectivity index (χ4v) is 2.50. The molecule has 0 fully saturated rings. The highest BCUT2D eigenvalue weighted by molar-refractivity contribution is 5.51. The number of likely N-dealkylation sites (N-methyl/N-ethyl adjacent to an activating group) is 1. The molecule has 0 saturated heterocycles. The van der Waals surface area contributed by atoms with Crippen LogP contribution in [0.5, 0.6) is 0 Å². The van der Waals surface area contributed by atoms with Gasteiger partial charge in [-0.15, -0.1) is 0 Å². The van der Waals surface area contributed by atoms with Crippen LogP contribution in [0.4, 0.5) is 5.69 Å². The maximum absolute atomic E-state index is 5.29. The molecule has 0 aliphatic heterocycles. The smallest absolute Gasteiger partial charge is 0.0663 e. The van der Waals surface area contributed by atoms with Crippen molar-refractivity contribution in [3.63, 3.8) is 0 Å². The highest BCUT2D eigenvalue weighted by atomic mass is 16.5. The zero-order chi connectivity index (χ0) is 16.0. The molecule has 0 aliphatic rings. The van der Waals surface area contributed by atoms with Crippen molar-refractivity contribution in [2.45, 2.75) is 59.7 Å². The Balaban J connectivity index is 2.85. The van der Waals surface area contributed by atoms with E-state index in [9.17, 15) is 0 Å². The van der Waals surface area contributed by atoms with Gasteiger partial charge in [0.1, 0.15) is 0 Å². The lowest BCUT2D eigenvalue weighted by Crippen LogP contribution is -2.36. The van der Waals surface area contributed by atoms with Crippen molar-refractivity contribution >= 4 is 5.69 Å². The molecule has 1 N–H and O–H groups in total. The Morgan fingerprint density at radius 3 is 2.43 bits per heavy atom. The third-order valence-corrected chi connectivity index (χ3v) is 3.75. The van der Waals surface area contributed by atoms with Gasteiger partial charge in [0.15, 0.2) is 0 Å². The Bertz CT molecular complexity index is 437. The first kappa shape index (κ1) is 18.0. The van der Waals surface area contributed by atoms with Crippen molar-refractivity contribution in [2.75, 3.05) is 25.2 Å². The lowest BCUT2D eigenvalue weighted by molar-refractivity contribution is 0.182. The Hall–Kier alpha value is -1.06. The zero-order valence-corrected chi connectivity index (χ0v) is 14.8. The van der Waals surface area contributed by atoms with Crippen LogP contribution in [0.2, 0.25) is 0 Å². The number of benzene rings is 1. The van der Waals surface area contributed by atoms with Gasteiger partial charge in [0.2, 0.25) is 0 Å². The summed E-state index contributed by atoms with van der Waals surface area (Å²) < 4.78 is 5.29. The molecule has 1 aromatic carbocycles. The first-order valence-electron chi connectivity index (χ1n) is 7.88. The van der Waals surface area contributed by atoms with Crippen molar-refractivity contribution < 1.29 is 4.74 Å². The van der Waals surface area contributed by atoms with E-state index >= 15 is 0 Å². The van der Waals surface area contributed by atoms with E-state index in [2.05, 4.69) is 70.0 Å². The summed E-state index contributed by atoms with van der Waals surface area (Å²) in [6, 6.07) is 7.14. The molecule has 0 aromatic heterocycles. The average Bonchev–Trinajstić information content (AvgIpc) is 2.38. The SMILES string of the molecule is CCN(c1ccc(CNC(C)(C)C)c(C)c1)C(C)COC. The van der Waals surface area contributed by atoms with E-state index in [1.54, 1.807) is 7.11 Å². The second kappa shape index (κ2) is 7.81. The number of nitrogens with one attached hydrogen (secondary N) is 1. The molecule has 0 radical (unpaired) electrons. The van der Waals surface area contributed by atoms with Gasteiger partial charge in [-0.1, -0.05) is 6.07 Å².